The minimum Gasteiger partial charge on any atom is -0.799 e. The molecule has 0 aromatic heterocycles. The summed E-state index contributed by atoms with van der Waals surface area (Å²) < 4.78 is 23.2. The SMILES string of the molecule is CCCCCCP(=O)([O-])CCCCCC.CCCCCCP(=O)([O-])CCCCCC.[Ni+2]. The molecule has 0 saturated heterocycles. The molecule has 0 fully saturated rings. The van der Waals surface area contributed by atoms with Crippen LogP contribution >= 0.6 is 14.7 Å². The molecule has 4 nitrogen and oxygen atoms in total. The molecule has 0 bridgehead atoms. The van der Waals surface area contributed by atoms with Gasteiger partial charge in [0.1, 0.15) is 0 Å². The number of rotatable bonds is 20. The van der Waals surface area contributed by atoms with Crippen molar-refractivity contribution in [3.8, 4) is 0 Å². The standard InChI is InChI=1S/2C12H27O2P.Ni/c2*1-3-5-7-9-11-15(13,14)12-10-8-6-4-2;/h2*3-12H2,1-2H3,(H,13,14);/q;;+2/p-2. The van der Waals surface area contributed by atoms with Gasteiger partial charge in [0.2, 0.25) is 0 Å². The van der Waals surface area contributed by atoms with Crippen molar-refractivity contribution in [2.45, 2.75) is 130 Å². The summed E-state index contributed by atoms with van der Waals surface area (Å²) >= 11 is 0. The molecule has 0 heterocycles. The second-order valence-electron chi connectivity index (χ2n) is 8.77. The molecular weight excluding hydrogens is 473 g/mol. The molecule has 0 aromatic rings. The first-order chi connectivity index (χ1) is 14.2. The van der Waals surface area contributed by atoms with E-state index in [-0.39, 0.29) is 16.5 Å². The molecule has 0 atom stereocenters. The van der Waals surface area contributed by atoms with Crippen LogP contribution in [0.2, 0.25) is 0 Å². The smallest absolute Gasteiger partial charge is 0.799 e. The van der Waals surface area contributed by atoms with Crippen molar-refractivity contribution in [1.82, 2.24) is 0 Å². The molecule has 0 aliphatic rings. The van der Waals surface area contributed by atoms with Gasteiger partial charge in [0.15, 0.2) is 0 Å². The predicted octanol–water partition coefficient (Wildman–Crippen LogP) is 7.57. The van der Waals surface area contributed by atoms with Crippen LogP contribution in [0.25, 0.3) is 0 Å². The van der Waals surface area contributed by atoms with Crippen molar-refractivity contribution in [2.75, 3.05) is 24.6 Å². The van der Waals surface area contributed by atoms with Gasteiger partial charge in [-0.2, -0.15) is 0 Å². The van der Waals surface area contributed by atoms with Gasteiger partial charge in [0, 0.05) is 14.7 Å². The van der Waals surface area contributed by atoms with Crippen LogP contribution in [0.4, 0.5) is 0 Å². The van der Waals surface area contributed by atoms with E-state index >= 15 is 0 Å². The van der Waals surface area contributed by atoms with E-state index in [1.54, 1.807) is 0 Å². The maximum atomic E-state index is 11.6. The van der Waals surface area contributed by atoms with E-state index in [2.05, 4.69) is 27.7 Å². The monoisotopic (exact) mass is 524 g/mol. The zero-order valence-electron chi connectivity index (χ0n) is 21.0. The Bertz CT molecular complexity index is 375. The minimum atomic E-state index is -3.02. The fourth-order valence-corrected chi connectivity index (χ4v) is 6.61. The molecule has 0 N–H and O–H groups in total. The van der Waals surface area contributed by atoms with Crippen LogP contribution in [0.15, 0.2) is 0 Å². The number of hydrogen-bond donors (Lipinski definition) is 0. The van der Waals surface area contributed by atoms with Crippen molar-refractivity contribution in [2.24, 2.45) is 0 Å². The van der Waals surface area contributed by atoms with Gasteiger partial charge in [0.05, 0.1) is 0 Å². The largest absolute Gasteiger partial charge is 2.00 e. The Morgan fingerprint density at radius 3 is 0.774 bits per heavy atom. The summed E-state index contributed by atoms with van der Waals surface area (Å²) in [6.07, 6.45) is 18.8. The van der Waals surface area contributed by atoms with E-state index in [1.807, 2.05) is 0 Å². The zero-order chi connectivity index (χ0) is 23.1. The Kier molecular flexibility index (Phi) is 30.0. The van der Waals surface area contributed by atoms with Gasteiger partial charge < -0.3 is 18.9 Å². The van der Waals surface area contributed by atoms with Gasteiger partial charge in [-0.15, -0.1) is 0 Å². The predicted molar refractivity (Wildman–Crippen MR) is 131 cm³/mol. The van der Waals surface area contributed by atoms with Crippen LogP contribution in [0.1, 0.15) is 130 Å². The van der Waals surface area contributed by atoms with Gasteiger partial charge in [-0.25, -0.2) is 0 Å². The van der Waals surface area contributed by atoms with E-state index in [1.165, 1.54) is 25.7 Å². The normalized spacial score (nSPS) is 11.5. The van der Waals surface area contributed by atoms with E-state index in [9.17, 15) is 18.9 Å². The summed E-state index contributed by atoms with van der Waals surface area (Å²) in [4.78, 5) is 23.2. The van der Waals surface area contributed by atoms with E-state index in [4.69, 9.17) is 0 Å². The van der Waals surface area contributed by atoms with Crippen LogP contribution in [0, 0.1) is 0 Å². The van der Waals surface area contributed by atoms with Crippen molar-refractivity contribution in [3.63, 3.8) is 0 Å². The summed E-state index contributed by atoms with van der Waals surface area (Å²) in [6, 6.07) is 0. The van der Waals surface area contributed by atoms with Crippen LogP contribution in [0.3, 0.4) is 0 Å². The Morgan fingerprint density at radius 2 is 0.613 bits per heavy atom. The first kappa shape index (κ1) is 36.4. The first-order valence-corrected chi connectivity index (χ1v) is 16.8. The fourth-order valence-electron chi connectivity index (χ4n) is 3.34. The van der Waals surface area contributed by atoms with Crippen molar-refractivity contribution in [1.29, 1.82) is 0 Å². The third kappa shape index (κ3) is 30.9. The molecule has 0 spiro atoms. The molecule has 192 valence electrons. The van der Waals surface area contributed by atoms with E-state index in [0.29, 0.717) is 24.6 Å². The van der Waals surface area contributed by atoms with Crippen molar-refractivity contribution < 1.29 is 35.4 Å². The molecule has 0 unspecified atom stereocenters. The molecule has 31 heavy (non-hydrogen) atoms. The van der Waals surface area contributed by atoms with Gasteiger partial charge >= 0.3 is 16.5 Å². The van der Waals surface area contributed by atoms with Gasteiger partial charge in [-0.05, 0) is 50.3 Å². The van der Waals surface area contributed by atoms with Crippen LogP contribution < -0.4 is 9.79 Å². The average molecular weight is 525 g/mol. The molecule has 0 aliphatic heterocycles. The Labute approximate surface area is 205 Å². The topological polar surface area (TPSA) is 80.3 Å². The molecule has 0 amide bonds. The fraction of sp³-hybridized carbons (Fsp3) is 1.00. The maximum absolute atomic E-state index is 11.6. The van der Waals surface area contributed by atoms with Crippen LogP contribution in [0.5, 0.6) is 0 Å². The molecule has 0 saturated carbocycles. The summed E-state index contributed by atoms with van der Waals surface area (Å²) in [5.41, 5.74) is 0. The first-order valence-electron chi connectivity index (χ1n) is 12.8. The van der Waals surface area contributed by atoms with Crippen molar-refractivity contribution >= 4 is 14.7 Å². The number of hydrogen-bond acceptors (Lipinski definition) is 4. The molecule has 7 heteroatoms. The third-order valence-electron chi connectivity index (χ3n) is 5.41. The van der Waals surface area contributed by atoms with E-state index < -0.39 is 14.7 Å². The minimum absolute atomic E-state index is 0. The number of unbranched alkanes of at least 4 members (excludes halogenated alkanes) is 12. The Balaban J connectivity index is -0.000000490. The zero-order valence-corrected chi connectivity index (χ0v) is 23.8. The van der Waals surface area contributed by atoms with Crippen molar-refractivity contribution in [3.05, 3.63) is 0 Å². The van der Waals surface area contributed by atoms with Gasteiger partial charge in [0.25, 0.3) is 0 Å². The summed E-state index contributed by atoms with van der Waals surface area (Å²) in [7, 11) is -6.05. The third-order valence-corrected chi connectivity index (χ3v) is 9.40. The molecule has 0 aliphatic carbocycles. The average Bonchev–Trinajstić information content (AvgIpc) is 2.70. The van der Waals surface area contributed by atoms with Crippen LogP contribution in [-0.4, -0.2) is 24.6 Å². The quantitative estimate of drug-likeness (QED) is 0.0933. The molecule has 0 rings (SSSR count). The second-order valence-corrected chi connectivity index (χ2v) is 13.8. The van der Waals surface area contributed by atoms with Crippen LogP contribution in [-0.2, 0) is 25.6 Å². The summed E-state index contributed by atoms with van der Waals surface area (Å²) in [5.74, 6) is 0. The molecular formula is C24H52NiO4P2. The maximum Gasteiger partial charge on any atom is 2.00 e. The molecule has 0 radical (unpaired) electrons. The Hall–Kier alpha value is 0.874. The summed E-state index contributed by atoms with van der Waals surface area (Å²) in [5, 5.41) is 0. The molecule has 0 aromatic carbocycles. The van der Waals surface area contributed by atoms with Gasteiger partial charge in [-0.1, -0.05) is 105 Å². The second kappa shape index (κ2) is 25.5. The summed E-state index contributed by atoms with van der Waals surface area (Å²) in [6.45, 7) is 8.56. The van der Waals surface area contributed by atoms with Gasteiger partial charge in [-0.3, -0.25) is 0 Å². The Morgan fingerprint density at radius 1 is 0.419 bits per heavy atom. The van der Waals surface area contributed by atoms with E-state index in [0.717, 1.165) is 77.0 Å².